The van der Waals surface area contributed by atoms with Crippen LogP contribution in [0.3, 0.4) is 0 Å². The van der Waals surface area contributed by atoms with Crippen LogP contribution in [0, 0.1) is 0 Å². The summed E-state index contributed by atoms with van der Waals surface area (Å²) in [6, 6.07) is 30.2. The number of aromatic nitrogens is 2. The van der Waals surface area contributed by atoms with Gasteiger partial charge in [0.25, 0.3) is 0 Å². The second kappa shape index (κ2) is 8.62. The van der Waals surface area contributed by atoms with Crippen molar-refractivity contribution in [2.24, 2.45) is 0 Å². The van der Waals surface area contributed by atoms with Crippen LogP contribution in [-0.4, -0.2) is 15.1 Å². The summed E-state index contributed by atoms with van der Waals surface area (Å²) >= 11 is 0. The molecule has 4 aromatic rings. The number of imidazole rings is 1. The normalized spacial score (nSPS) is 11.2. The number of nitrogens with zero attached hydrogens (tertiary/aromatic N) is 1. The third-order valence-corrected chi connectivity index (χ3v) is 3.77. The van der Waals surface area contributed by atoms with Crippen molar-refractivity contribution in [3.63, 3.8) is 0 Å². The van der Waals surface area contributed by atoms with Crippen molar-refractivity contribution < 1.29 is 5.11 Å². The van der Waals surface area contributed by atoms with E-state index in [1.165, 1.54) is 11.1 Å². The van der Waals surface area contributed by atoms with E-state index in [1.807, 2.05) is 42.5 Å². The molecule has 0 fully saturated rings. The molecule has 1 aromatic heterocycles. The van der Waals surface area contributed by atoms with Gasteiger partial charge in [0.2, 0.25) is 0 Å². The molecule has 0 aliphatic carbocycles. The van der Waals surface area contributed by atoms with Crippen LogP contribution in [-0.2, 0) is 0 Å². The molecule has 0 aliphatic rings. The Morgan fingerprint density at radius 3 is 1.60 bits per heavy atom. The van der Waals surface area contributed by atoms with E-state index in [1.54, 1.807) is 12.4 Å². The minimum atomic E-state index is -0.656. The van der Waals surface area contributed by atoms with Crippen molar-refractivity contribution in [3.05, 3.63) is 115 Å². The summed E-state index contributed by atoms with van der Waals surface area (Å²) in [4.78, 5) is 6.86. The summed E-state index contributed by atoms with van der Waals surface area (Å²) in [5, 5.41) is 9.79. The Kier molecular flexibility index (Phi) is 5.75. The van der Waals surface area contributed by atoms with Crippen molar-refractivity contribution in [1.29, 1.82) is 0 Å². The molecule has 0 saturated heterocycles. The summed E-state index contributed by atoms with van der Waals surface area (Å²) in [5.41, 5.74) is 3.40. The number of rotatable bonds is 3. The molecule has 4 rings (SSSR count). The standard InChI is InChI=1S/C12H10.C10H10N2O/c1-3-7-11(8-4-1)12-9-5-2-6-10-12;13-9(10-11-6-7-12-10)8-4-2-1-3-5-8/h1-10H;1-7,9,13H,(H,11,12). The van der Waals surface area contributed by atoms with Crippen LogP contribution in [0.4, 0.5) is 0 Å². The fourth-order valence-corrected chi connectivity index (χ4v) is 2.48. The van der Waals surface area contributed by atoms with Gasteiger partial charge in [-0.3, -0.25) is 0 Å². The van der Waals surface area contributed by atoms with Crippen molar-refractivity contribution in [2.75, 3.05) is 0 Å². The molecule has 0 aliphatic heterocycles. The molecule has 0 spiro atoms. The van der Waals surface area contributed by atoms with E-state index in [0.29, 0.717) is 5.82 Å². The molecule has 3 aromatic carbocycles. The van der Waals surface area contributed by atoms with Crippen LogP contribution in [0.2, 0.25) is 0 Å². The quantitative estimate of drug-likeness (QED) is 0.565. The Balaban J connectivity index is 0.000000146. The molecule has 2 N–H and O–H groups in total. The van der Waals surface area contributed by atoms with Gasteiger partial charge in [-0.05, 0) is 16.7 Å². The van der Waals surface area contributed by atoms with Gasteiger partial charge in [-0.1, -0.05) is 91.0 Å². The van der Waals surface area contributed by atoms with E-state index in [0.717, 1.165) is 5.56 Å². The molecule has 1 heterocycles. The average Bonchev–Trinajstić information content (AvgIpc) is 3.25. The average molecular weight is 328 g/mol. The molecule has 124 valence electrons. The van der Waals surface area contributed by atoms with Crippen LogP contribution in [0.25, 0.3) is 11.1 Å². The van der Waals surface area contributed by atoms with Gasteiger partial charge in [0.05, 0.1) is 0 Å². The van der Waals surface area contributed by atoms with Gasteiger partial charge < -0.3 is 10.1 Å². The first-order valence-corrected chi connectivity index (χ1v) is 8.17. The second-order valence-electron chi connectivity index (χ2n) is 5.52. The minimum Gasteiger partial charge on any atom is -0.380 e. The molecule has 0 amide bonds. The minimum absolute atomic E-state index is 0.575. The topological polar surface area (TPSA) is 48.9 Å². The van der Waals surface area contributed by atoms with E-state index in [4.69, 9.17) is 0 Å². The van der Waals surface area contributed by atoms with Crippen molar-refractivity contribution in [3.8, 4) is 11.1 Å². The van der Waals surface area contributed by atoms with E-state index in [2.05, 4.69) is 58.5 Å². The lowest BCUT2D eigenvalue weighted by Crippen LogP contribution is -2.00. The third kappa shape index (κ3) is 4.66. The highest BCUT2D eigenvalue weighted by Gasteiger charge is 2.10. The van der Waals surface area contributed by atoms with Gasteiger partial charge in [-0.25, -0.2) is 4.98 Å². The van der Waals surface area contributed by atoms with Crippen molar-refractivity contribution in [2.45, 2.75) is 6.10 Å². The number of hydrogen-bond acceptors (Lipinski definition) is 2. The molecule has 0 bridgehead atoms. The lowest BCUT2D eigenvalue weighted by atomic mass is 10.1. The molecular weight excluding hydrogens is 308 g/mol. The zero-order valence-corrected chi connectivity index (χ0v) is 13.8. The first kappa shape index (κ1) is 16.7. The number of aliphatic hydroxyl groups excluding tert-OH is 1. The molecule has 0 radical (unpaired) electrons. The molecule has 0 saturated carbocycles. The van der Waals surface area contributed by atoms with Gasteiger partial charge in [0, 0.05) is 12.4 Å². The molecular formula is C22H20N2O. The van der Waals surface area contributed by atoms with E-state index < -0.39 is 6.10 Å². The summed E-state index contributed by atoms with van der Waals surface area (Å²) in [5.74, 6) is 0.575. The Bertz CT molecular complexity index is 807. The Morgan fingerprint density at radius 2 is 1.16 bits per heavy atom. The van der Waals surface area contributed by atoms with Gasteiger partial charge in [-0.2, -0.15) is 0 Å². The van der Waals surface area contributed by atoms with Crippen molar-refractivity contribution in [1.82, 2.24) is 9.97 Å². The number of benzene rings is 3. The first-order valence-electron chi connectivity index (χ1n) is 8.17. The fraction of sp³-hybridized carbons (Fsp3) is 0.0455. The van der Waals surface area contributed by atoms with Crippen LogP contribution in [0.15, 0.2) is 103 Å². The number of H-pyrrole nitrogens is 1. The van der Waals surface area contributed by atoms with E-state index >= 15 is 0 Å². The number of nitrogens with one attached hydrogen (secondary N) is 1. The summed E-state index contributed by atoms with van der Waals surface area (Å²) in [6.45, 7) is 0. The predicted molar refractivity (Wildman–Crippen MR) is 101 cm³/mol. The zero-order valence-electron chi connectivity index (χ0n) is 13.8. The lowest BCUT2D eigenvalue weighted by molar-refractivity contribution is 0.211. The largest absolute Gasteiger partial charge is 0.380 e. The monoisotopic (exact) mass is 328 g/mol. The Hall–Kier alpha value is -3.17. The predicted octanol–water partition coefficient (Wildman–Crippen LogP) is 4.85. The maximum atomic E-state index is 9.79. The number of aliphatic hydroxyl groups is 1. The summed E-state index contributed by atoms with van der Waals surface area (Å²) in [6.07, 6.45) is 2.67. The third-order valence-electron chi connectivity index (χ3n) is 3.77. The van der Waals surface area contributed by atoms with Gasteiger partial charge in [-0.15, -0.1) is 0 Å². The molecule has 1 atom stereocenters. The smallest absolute Gasteiger partial charge is 0.139 e. The highest BCUT2D eigenvalue weighted by atomic mass is 16.3. The summed E-state index contributed by atoms with van der Waals surface area (Å²) in [7, 11) is 0. The van der Waals surface area contributed by atoms with Crippen LogP contribution in [0.1, 0.15) is 17.5 Å². The Labute approximate surface area is 147 Å². The van der Waals surface area contributed by atoms with E-state index in [-0.39, 0.29) is 0 Å². The Morgan fingerprint density at radius 1 is 0.680 bits per heavy atom. The summed E-state index contributed by atoms with van der Waals surface area (Å²) < 4.78 is 0. The maximum absolute atomic E-state index is 9.79. The maximum Gasteiger partial charge on any atom is 0.139 e. The number of hydrogen-bond donors (Lipinski definition) is 2. The van der Waals surface area contributed by atoms with E-state index in [9.17, 15) is 5.11 Å². The second-order valence-corrected chi connectivity index (χ2v) is 5.52. The first-order chi connectivity index (χ1) is 12.3. The van der Waals surface area contributed by atoms with Crippen LogP contribution in [0.5, 0.6) is 0 Å². The van der Waals surface area contributed by atoms with Gasteiger partial charge >= 0.3 is 0 Å². The molecule has 1 unspecified atom stereocenters. The highest BCUT2D eigenvalue weighted by molar-refractivity contribution is 5.62. The lowest BCUT2D eigenvalue weighted by Gasteiger charge is -2.06. The molecule has 3 nitrogen and oxygen atoms in total. The number of aromatic amines is 1. The van der Waals surface area contributed by atoms with Gasteiger partial charge in [0.15, 0.2) is 0 Å². The van der Waals surface area contributed by atoms with Crippen LogP contribution < -0.4 is 0 Å². The highest BCUT2D eigenvalue weighted by Crippen LogP contribution is 2.18. The molecule has 3 heteroatoms. The fourth-order valence-electron chi connectivity index (χ4n) is 2.48. The SMILES string of the molecule is OC(c1ccccc1)c1ncc[nH]1.c1ccc(-c2ccccc2)cc1. The zero-order chi connectivity index (χ0) is 17.3. The van der Waals surface area contributed by atoms with Crippen LogP contribution >= 0.6 is 0 Å². The van der Waals surface area contributed by atoms with Gasteiger partial charge in [0.1, 0.15) is 11.9 Å². The molecule has 25 heavy (non-hydrogen) atoms. The van der Waals surface area contributed by atoms with Crippen molar-refractivity contribution >= 4 is 0 Å².